The van der Waals surface area contributed by atoms with Gasteiger partial charge in [0.1, 0.15) is 0 Å². The Morgan fingerprint density at radius 2 is 1.55 bits per heavy atom. The quantitative estimate of drug-likeness (QED) is 0.494. The zero-order valence-electron chi connectivity index (χ0n) is 6.40. The van der Waals surface area contributed by atoms with Crippen molar-refractivity contribution in [3.63, 3.8) is 0 Å². The van der Waals surface area contributed by atoms with Gasteiger partial charge >= 0.3 is 6.30 Å². The number of alkyl halides is 3. The van der Waals surface area contributed by atoms with E-state index in [4.69, 9.17) is 9.94 Å². The van der Waals surface area contributed by atoms with E-state index in [9.17, 15) is 13.2 Å². The average Bonchev–Trinajstić information content (AvgIpc) is 1.90. The Balaban J connectivity index is 0. The van der Waals surface area contributed by atoms with Crippen molar-refractivity contribution in [3.8, 4) is 0 Å². The summed E-state index contributed by atoms with van der Waals surface area (Å²) in [4.78, 5) is 0. The van der Waals surface area contributed by atoms with Crippen molar-refractivity contribution in [1.82, 2.24) is 5.48 Å². The fourth-order valence-corrected chi connectivity index (χ4v) is 0.204. The van der Waals surface area contributed by atoms with Crippen LogP contribution in [0.1, 0.15) is 13.8 Å². The molecule has 0 saturated carbocycles. The smallest absolute Gasteiger partial charge is 0.382 e. The molecular weight excluding hydrogens is 163 g/mol. The number of hydroxylamine groups is 1. The molecule has 2 N–H and O–H groups in total. The molecule has 0 rings (SSSR count). The summed E-state index contributed by atoms with van der Waals surface area (Å²) in [6.45, 7) is 5.67. The molecule has 0 fully saturated rings. The van der Waals surface area contributed by atoms with Crippen LogP contribution in [0, 0.1) is 0 Å². The van der Waals surface area contributed by atoms with Crippen molar-refractivity contribution in [3.05, 3.63) is 0 Å². The number of rotatable bonds is 2. The van der Waals surface area contributed by atoms with E-state index >= 15 is 0 Å². The second-order valence-corrected chi connectivity index (χ2v) is 1.39. The zero-order chi connectivity index (χ0) is 9.33. The number of hydrogen-bond donors (Lipinski definition) is 2. The lowest BCUT2D eigenvalue weighted by molar-refractivity contribution is -0.220. The fourth-order valence-electron chi connectivity index (χ4n) is 0.204. The Labute approximate surface area is 63.1 Å². The third kappa shape index (κ3) is 26.1. The van der Waals surface area contributed by atoms with Crippen LogP contribution in [-0.2, 0) is 4.74 Å². The summed E-state index contributed by atoms with van der Waals surface area (Å²) < 4.78 is 36.1. The predicted molar refractivity (Wildman–Crippen MR) is 33.1 cm³/mol. The van der Waals surface area contributed by atoms with Crippen molar-refractivity contribution in [2.75, 3.05) is 13.2 Å². The van der Waals surface area contributed by atoms with E-state index < -0.39 is 6.30 Å². The summed E-state index contributed by atoms with van der Waals surface area (Å²) >= 11 is 0. The predicted octanol–water partition coefficient (Wildman–Crippen LogP) is 1.53. The monoisotopic (exact) mass is 175 g/mol. The van der Waals surface area contributed by atoms with E-state index in [-0.39, 0.29) is 5.48 Å². The lowest BCUT2D eigenvalue weighted by Crippen LogP contribution is -2.27. The van der Waals surface area contributed by atoms with Crippen molar-refractivity contribution in [2.45, 2.75) is 20.1 Å². The van der Waals surface area contributed by atoms with Gasteiger partial charge in [-0.15, -0.1) is 5.48 Å². The summed E-state index contributed by atoms with van der Waals surface area (Å²) in [5, 5.41) is 7.03. The maximum atomic E-state index is 10.4. The van der Waals surface area contributed by atoms with E-state index in [1.165, 1.54) is 0 Å². The molecule has 0 atom stereocenters. The van der Waals surface area contributed by atoms with Crippen LogP contribution in [0.3, 0.4) is 0 Å². The van der Waals surface area contributed by atoms with Gasteiger partial charge in [-0.3, -0.25) is 0 Å². The van der Waals surface area contributed by atoms with Gasteiger partial charge in [-0.05, 0) is 13.8 Å². The van der Waals surface area contributed by atoms with Crippen LogP contribution in [0.5, 0.6) is 0 Å². The molecule has 0 aromatic rings. The maximum absolute atomic E-state index is 10.4. The molecule has 0 unspecified atom stereocenters. The molecular formula is C5H12F3NO2. The Morgan fingerprint density at radius 1 is 1.27 bits per heavy atom. The number of ether oxygens (including phenoxy) is 1. The van der Waals surface area contributed by atoms with Gasteiger partial charge in [0.05, 0.1) is 0 Å². The van der Waals surface area contributed by atoms with Gasteiger partial charge < -0.3 is 9.94 Å². The number of nitrogens with one attached hydrogen (secondary N) is 1. The van der Waals surface area contributed by atoms with Crippen LogP contribution in [0.2, 0.25) is 0 Å². The highest BCUT2D eigenvalue weighted by Gasteiger charge is 2.24. The lowest BCUT2D eigenvalue weighted by Gasteiger charge is -1.97. The minimum absolute atomic E-state index is 0.104. The highest BCUT2D eigenvalue weighted by atomic mass is 19.4. The molecule has 0 aromatic carbocycles. The van der Waals surface area contributed by atoms with Gasteiger partial charge in [0.2, 0.25) is 0 Å². The Bertz CT molecular complexity index is 74.6. The van der Waals surface area contributed by atoms with Gasteiger partial charge in [0, 0.05) is 13.2 Å². The first kappa shape index (κ1) is 13.3. The normalized spacial score (nSPS) is 10.4. The van der Waals surface area contributed by atoms with Crippen molar-refractivity contribution >= 4 is 0 Å². The SMILES string of the molecule is CCOCC.ONC(F)(F)F. The standard InChI is InChI=1S/C4H10O.CH2F3NO/c1-3-5-4-2;2-1(3,4)5-6/h3-4H2,1-2H3;5-6H. The second kappa shape index (κ2) is 7.77. The first-order valence-electron chi connectivity index (χ1n) is 3.03. The molecule has 70 valence electrons. The number of hydrogen-bond acceptors (Lipinski definition) is 3. The van der Waals surface area contributed by atoms with Crippen LogP contribution in [0.25, 0.3) is 0 Å². The van der Waals surface area contributed by atoms with E-state index in [0.29, 0.717) is 0 Å². The molecule has 0 radical (unpaired) electrons. The third-order valence-corrected chi connectivity index (χ3v) is 0.535. The van der Waals surface area contributed by atoms with E-state index in [1.54, 1.807) is 0 Å². The van der Waals surface area contributed by atoms with Crippen molar-refractivity contribution in [2.24, 2.45) is 0 Å². The summed E-state index contributed by atoms with van der Waals surface area (Å²) in [5.41, 5.74) is 0.104. The minimum Gasteiger partial charge on any atom is -0.382 e. The second-order valence-electron chi connectivity index (χ2n) is 1.39. The molecule has 0 heterocycles. The average molecular weight is 175 g/mol. The molecule has 0 aliphatic rings. The summed E-state index contributed by atoms with van der Waals surface area (Å²) in [5.74, 6) is 0. The molecule has 6 heteroatoms. The summed E-state index contributed by atoms with van der Waals surface area (Å²) in [7, 11) is 0. The Kier molecular flexibility index (Phi) is 9.38. The van der Waals surface area contributed by atoms with E-state index in [2.05, 4.69) is 0 Å². The molecule has 0 aliphatic heterocycles. The van der Waals surface area contributed by atoms with Crippen LogP contribution >= 0.6 is 0 Å². The molecule has 11 heavy (non-hydrogen) atoms. The first-order valence-corrected chi connectivity index (χ1v) is 3.03. The first-order chi connectivity index (χ1) is 4.97. The minimum atomic E-state index is -4.65. The van der Waals surface area contributed by atoms with E-state index in [1.807, 2.05) is 13.8 Å². The van der Waals surface area contributed by atoms with E-state index in [0.717, 1.165) is 13.2 Å². The molecule has 0 aliphatic carbocycles. The molecule has 3 nitrogen and oxygen atoms in total. The van der Waals surface area contributed by atoms with Gasteiger partial charge in [-0.2, -0.15) is 13.2 Å². The maximum Gasteiger partial charge on any atom is 0.479 e. The lowest BCUT2D eigenvalue weighted by atomic mass is 10.8. The van der Waals surface area contributed by atoms with Gasteiger partial charge in [-0.25, -0.2) is 0 Å². The highest BCUT2D eigenvalue weighted by molar-refractivity contribution is 4.25. The molecule has 0 aromatic heterocycles. The molecule has 0 spiro atoms. The molecule has 0 amide bonds. The van der Waals surface area contributed by atoms with Crippen molar-refractivity contribution < 1.29 is 23.1 Å². The number of halogens is 3. The fraction of sp³-hybridized carbons (Fsp3) is 1.00. The van der Waals surface area contributed by atoms with Gasteiger partial charge in [0.25, 0.3) is 0 Å². The van der Waals surface area contributed by atoms with Crippen molar-refractivity contribution in [1.29, 1.82) is 0 Å². The topological polar surface area (TPSA) is 41.5 Å². The Morgan fingerprint density at radius 3 is 1.55 bits per heavy atom. The van der Waals surface area contributed by atoms with Crippen LogP contribution < -0.4 is 5.48 Å². The van der Waals surface area contributed by atoms with Crippen LogP contribution in [0.4, 0.5) is 13.2 Å². The van der Waals surface area contributed by atoms with Crippen LogP contribution in [-0.4, -0.2) is 24.7 Å². The third-order valence-electron chi connectivity index (χ3n) is 0.535. The summed E-state index contributed by atoms with van der Waals surface area (Å²) in [6, 6.07) is 0. The van der Waals surface area contributed by atoms with Crippen LogP contribution in [0.15, 0.2) is 0 Å². The molecule has 0 bridgehead atoms. The Hall–Kier alpha value is -0.330. The highest BCUT2D eigenvalue weighted by Crippen LogP contribution is 2.06. The van der Waals surface area contributed by atoms with Gasteiger partial charge in [-0.1, -0.05) is 0 Å². The van der Waals surface area contributed by atoms with Gasteiger partial charge in [0.15, 0.2) is 0 Å². The zero-order valence-corrected chi connectivity index (χ0v) is 6.40. The molecule has 0 saturated heterocycles. The summed E-state index contributed by atoms with van der Waals surface area (Å²) in [6.07, 6.45) is -4.65. The largest absolute Gasteiger partial charge is 0.479 e.